The first-order chi connectivity index (χ1) is 19.5. The standard InChI is InChI=1S/C23H23N2O.C13H24O2.Ir/c1-14(2)18-12-26-22-20(24-13-25-21(18)22)16-10-15-8-6-7-9-17(15)19(11-16)23(3,4)5;1-5-10(6-2)12(14)9-13(15)11(7-3)8-4;/h6-9,11-14H,1-5H3;9-11,14H,5-8H2,1-4H3;/q-1;;/b;12-9-;. The Morgan fingerprint density at radius 3 is 2.19 bits per heavy atom. The van der Waals surface area contributed by atoms with Gasteiger partial charge in [0.25, 0.3) is 0 Å². The molecule has 0 saturated heterocycles. The Morgan fingerprint density at radius 1 is 1.00 bits per heavy atom. The number of aliphatic hydroxyl groups excluding tert-OH is 1. The van der Waals surface area contributed by atoms with Crippen molar-refractivity contribution >= 4 is 27.7 Å². The van der Waals surface area contributed by atoms with Crippen molar-refractivity contribution in [2.24, 2.45) is 11.8 Å². The molecule has 0 amide bonds. The van der Waals surface area contributed by atoms with Crippen molar-refractivity contribution in [1.29, 1.82) is 0 Å². The number of allylic oxidation sites excluding steroid dienone is 2. The average molecular weight is 748 g/mol. The second-order valence-electron chi connectivity index (χ2n) is 12.1. The number of carbonyl (C=O) groups excluding carboxylic acids is 1. The first-order valence-corrected chi connectivity index (χ1v) is 15.1. The summed E-state index contributed by atoms with van der Waals surface area (Å²) in [6.45, 7) is 19.1. The van der Waals surface area contributed by atoms with E-state index in [0.717, 1.165) is 59.0 Å². The molecular formula is C36H47IrN2O3-. The number of nitrogens with zero attached hydrogens (tertiary/aromatic N) is 2. The summed E-state index contributed by atoms with van der Waals surface area (Å²) in [5.74, 6) is 0.899. The SMILES string of the molecule is CC(C)c1coc2c(-c3[c-]c4ccccc4c(C(C)(C)C)c3)ncnc12.CCC(CC)C(=O)/C=C(\O)C(CC)CC.[Ir]. The van der Waals surface area contributed by atoms with Crippen molar-refractivity contribution in [3.63, 3.8) is 0 Å². The number of hydrogen-bond donors (Lipinski definition) is 1. The molecule has 0 aliphatic heterocycles. The van der Waals surface area contributed by atoms with Gasteiger partial charge in [-0.3, -0.25) is 9.78 Å². The summed E-state index contributed by atoms with van der Waals surface area (Å²) in [7, 11) is 0. The van der Waals surface area contributed by atoms with Gasteiger partial charge in [0.15, 0.2) is 5.78 Å². The van der Waals surface area contributed by atoms with Gasteiger partial charge >= 0.3 is 0 Å². The number of ketones is 1. The number of rotatable bonds is 9. The first kappa shape index (κ1) is 35.4. The van der Waals surface area contributed by atoms with Crippen LogP contribution in [0.25, 0.3) is 33.1 Å². The summed E-state index contributed by atoms with van der Waals surface area (Å²) < 4.78 is 5.89. The van der Waals surface area contributed by atoms with Crippen LogP contribution in [0.4, 0.5) is 0 Å². The number of carbonyl (C=O) groups is 1. The predicted molar refractivity (Wildman–Crippen MR) is 170 cm³/mol. The number of benzene rings is 2. The van der Waals surface area contributed by atoms with E-state index in [4.69, 9.17) is 4.42 Å². The zero-order chi connectivity index (χ0) is 30.3. The topological polar surface area (TPSA) is 76.2 Å². The van der Waals surface area contributed by atoms with E-state index < -0.39 is 0 Å². The molecule has 0 aliphatic rings. The van der Waals surface area contributed by atoms with Crippen molar-refractivity contribution in [2.75, 3.05) is 0 Å². The Morgan fingerprint density at radius 2 is 1.62 bits per heavy atom. The van der Waals surface area contributed by atoms with Gasteiger partial charge in [-0.25, -0.2) is 4.98 Å². The van der Waals surface area contributed by atoms with Crippen LogP contribution >= 0.6 is 0 Å². The summed E-state index contributed by atoms with van der Waals surface area (Å²) in [6.07, 6.45) is 8.33. The second-order valence-corrected chi connectivity index (χ2v) is 12.1. The van der Waals surface area contributed by atoms with Gasteiger partial charge < -0.3 is 9.52 Å². The summed E-state index contributed by atoms with van der Waals surface area (Å²) in [4.78, 5) is 20.7. The van der Waals surface area contributed by atoms with E-state index in [1.54, 1.807) is 12.6 Å². The fourth-order valence-electron chi connectivity index (χ4n) is 5.23. The van der Waals surface area contributed by atoms with Crippen LogP contribution in [-0.4, -0.2) is 20.9 Å². The zero-order valence-electron chi connectivity index (χ0n) is 26.7. The van der Waals surface area contributed by atoms with Crippen molar-refractivity contribution in [1.82, 2.24) is 9.97 Å². The Hall–Kier alpha value is -2.82. The Bertz CT molecular complexity index is 1490. The molecule has 6 heteroatoms. The van der Waals surface area contributed by atoms with Crippen LogP contribution in [0, 0.1) is 17.9 Å². The van der Waals surface area contributed by atoms with Gasteiger partial charge in [-0.2, -0.15) is 0 Å². The number of aromatic nitrogens is 2. The predicted octanol–water partition coefficient (Wildman–Crippen LogP) is 10.1. The smallest absolute Gasteiger partial charge is 0.162 e. The van der Waals surface area contributed by atoms with Crippen LogP contribution in [0.1, 0.15) is 105 Å². The van der Waals surface area contributed by atoms with Gasteiger partial charge in [0.05, 0.1) is 17.7 Å². The van der Waals surface area contributed by atoms with E-state index in [1.807, 2.05) is 33.8 Å². The van der Waals surface area contributed by atoms with Crippen LogP contribution in [0.3, 0.4) is 0 Å². The Kier molecular flexibility index (Phi) is 13.1. The van der Waals surface area contributed by atoms with E-state index in [1.165, 1.54) is 17.0 Å². The van der Waals surface area contributed by atoms with Crippen molar-refractivity contribution < 1.29 is 34.4 Å². The largest absolute Gasteiger partial charge is 0.512 e. The van der Waals surface area contributed by atoms with Crippen LogP contribution in [0.2, 0.25) is 0 Å². The molecule has 42 heavy (non-hydrogen) atoms. The van der Waals surface area contributed by atoms with E-state index in [9.17, 15) is 9.90 Å². The monoisotopic (exact) mass is 748 g/mol. The summed E-state index contributed by atoms with van der Waals surface area (Å²) in [6, 6.07) is 14.1. The van der Waals surface area contributed by atoms with Gasteiger partial charge in [0, 0.05) is 43.6 Å². The molecule has 0 unspecified atom stereocenters. The van der Waals surface area contributed by atoms with Crippen LogP contribution < -0.4 is 0 Å². The first-order valence-electron chi connectivity index (χ1n) is 15.1. The zero-order valence-corrected chi connectivity index (χ0v) is 29.1. The third-order valence-corrected chi connectivity index (χ3v) is 7.92. The van der Waals surface area contributed by atoms with Crippen molar-refractivity contribution in [2.45, 2.75) is 99.3 Å². The molecule has 0 fully saturated rings. The molecule has 0 saturated carbocycles. The molecule has 4 rings (SSSR count). The third-order valence-electron chi connectivity index (χ3n) is 7.92. The van der Waals surface area contributed by atoms with E-state index >= 15 is 0 Å². The molecule has 0 atom stereocenters. The fraction of sp³-hybridized carbons (Fsp3) is 0.472. The molecule has 0 bridgehead atoms. The Balaban J connectivity index is 0.000000334. The van der Waals surface area contributed by atoms with Gasteiger partial charge in [-0.1, -0.05) is 91.5 Å². The normalized spacial score (nSPS) is 12.1. The molecule has 2 aromatic carbocycles. The summed E-state index contributed by atoms with van der Waals surface area (Å²) in [5, 5.41) is 12.1. The molecule has 5 nitrogen and oxygen atoms in total. The summed E-state index contributed by atoms with van der Waals surface area (Å²) >= 11 is 0. The molecule has 2 heterocycles. The van der Waals surface area contributed by atoms with Gasteiger partial charge in [0.2, 0.25) is 0 Å². The maximum atomic E-state index is 11.7. The second kappa shape index (κ2) is 15.6. The molecule has 1 N–H and O–H groups in total. The average Bonchev–Trinajstić information content (AvgIpc) is 3.38. The van der Waals surface area contributed by atoms with E-state index in [2.05, 4.69) is 74.9 Å². The number of hydrogen-bond acceptors (Lipinski definition) is 5. The minimum absolute atomic E-state index is 0. The molecule has 0 spiro atoms. The summed E-state index contributed by atoms with van der Waals surface area (Å²) in [5.41, 5.74) is 5.79. The van der Waals surface area contributed by atoms with Gasteiger partial charge in [0.1, 0.15) is 17.4 Å². The minimum Gasteiger partial charge on any atom is -0.512 e. The number of aliphatic hydroxyl groups is 1. The van der Waals surface area contributed by atoms with E-state index in [0.29, 0.717) is 5.92 Å². The van der Waals surface area contributed by atoms with Gasteiger partial charge in [-0.15, -0.1) is 29.1 Å². The quantitative estimate of drug-likeness (QED) is 0.105. The molecule has 4 aromatic rings. The maximum absolute atomic E-state index is 11.7. The number of furan rings is 1. The van der Waals surface area contributed by atoms with Crippen LogP contribution in [0.15, 0.2) is 59.2 Å². The molecular weight excluding hydrogens is 701 g/mol. The van der Waals surface area contributed by atoms with Crippen molar-refractivity contribution in [3.8, 4) is 11.3 Å². The molecule has 229 valence electrons. The van der Waals surface area contributed by atoms with Gasteiger partial charge in [-0.05, 0) is 37.0 Å². The van der Waals surface area contributed by atoms with E-state index in [-0.39, 0.29) is 48.9 Å². The molecule has 1 radical (unpaired) electrons. The Labute approximate surface area is 265 Å². The molecule has 2 aromatic heterocycles. The van der Waals surface area contributed by atoms with Crippen molar-refractivity contribution in [3.05, 3.63) is 72.0 Å². The third kappa shape index (κ3) is 8.17. The molecule has 0 aliphatic carbocycles. The van der Waals surface area contributed by atoms with Crippen LogP contribution in [0.5, 0.6) is 0 Å². The fourth-order valence-corrected chi connectivity index (χ4v) is 5.23. The van der Waals surface area contributed by atoms with Crippen LogP contribution in [-0.2, 0) is 30.3 Å². The number of fused-ring (bicyclic) bond motifs is 2. The maximum Gasteiger partial charge on any atom is 0.162 e. The minimum atomic E-state index is 0.